The Morgan fingerprint density at radius 2 is 0.880 bits per heavy atom. The van der Waals surface area contributed by atoms with Crippen molar-refractivity contribution >= 4 is 23.6 Å². The monoisotopic (exact) mass is 346 g/mol. The van der Waals surface area contributed by atoms with Gasteiger partial charge in [0.05, 0.1) is 48.1 Å². The van der Waals surface area contributed by atoms with Crippen molar-refractivity contribution in [3.63, 3.8) is 0 Å². The number of likely N-dealkylation sites (tertiary alicyclic amines) is 2. The van der Waals surface area contributed by atoms with Gasteiger partial charge in [0.25, 0.3) is 0 Å². The Bertz CT molecular complexity index is 621. The van der Waals surface area contributed by atoms with Crippen molar-refractivity contribution in [2.45, 2.75) is 50.1 Å². The van der Waals surface area contributed by atoms with E-state index in [0.717, 1.165) is 9.80 Å². The van der Waals surface area contributed by atoms with Crippen LogP contribution in [0.5, 0.6) is 0 Å². The van der Waals surface area contributed by atoms with Gasteiger partial charge in [-0.3, -0.25) is 29.0 Å². The number of nitrogens with zero attached hydrogens (tertiary/aromatic N) is 2. The minimum absolute atomic E-state index is 0.0996. The molecule has 2 aliphatic carbocycles. The molecule has 4 heterocycles. The molecule has 4 aliphatic heterocycles. The lowest BCUT2D eigenvalue weighted by molar-refractivity contribution is -0.149. The van der Waals surface area contributed by atoms with Gasteiger partial charge in [-0.25, -0.2) is 0 Å². The number of hydrogen-bond donors (Lipinski definition) is 0. The summed E-state index contributed by atoms with van der Waals surface area (Å²) in [5.41, 5.74) is 0. The Morgan fingerprint density at radius 1 is 0.600 bits per heavy atom. The molecule has 0 aromatic heterocycles. The summed E-state index contributed by atoms with van der Waals surface area (Å²) in [6.45, 7) is -0.221. The summed E-state index contributed by atoms with van der Waals surface area (Å²) in [4.78, 5) is 52.9. The second-order valence-electron chi connectivity index (χ2n) is 8.15. The molecule has 0 aromatic rings. The van der Waals surface area contributed by atoms with Crippen molar-refractivity contribution in [2.75, 3.05) is 6.67 Å². The zero-order chi connectivity index (χ0) is 17.0. The maximum Gasteiger partial charge on any atom is 0.234 e. The van der Waals surface area contributed by atoms with E-state index in [0.29, 0.717) is 25.7 Å². The van der Waals surface area contributed by atoms with Gasteiger partial charge in [0.2, 0.25) is 23.6 Å². The minimum atomic E-state index is -0.354. The van der Waals surface area contributed by atoms with Gasteiger partial charge in [-0.15, -0.1) is 0 Å². The standard InChI is InChI=1S/C17H18N2O6/c20-14-6-1-10-11(24-10)2-7(6)15(21)18(14)5-19-16(22)8-3-12-13(25-12)4-9(8)17(19)23/h6-13H,1-5H2/t6-,7-,8-,9+,10+,11+,12-,13+/m0/s1. The molecule has 8 atom stereocenters. The van der Waals surface area contributed by atoms with Crippen LogP contribution in [0.3, 0.4) is 0 Å². The van der Waals surface area contributed by atoms with Crippen LogP contribution in [0.25, 0.3) is 0 Å². The Hall–Kier alpha value is -1.80. The molecule has 0 radical (unpaired) electrons. The number of carbonyl (C=O) groups is 4. The first-order chi connectivity index (χ1) is 12.0. The largest absolute Gasteiger partial charge is 0.370 e. The number of hydrogen-bond acceptors (Lipinski definition) is 6. The molecule has 0 aromatic carbocycles. The van der Waals surface area contributed by atoms with E-state index in [-0.39, 0.29) is 78.4 Å². The van der Waals surface area contributed by atoms with E-state index in [1.807, 2.05) is 0 Å². The van der Waals surface area contributed by atoms with Gasteiger partial charge in [0.1, 0.15) is 6.67 Å². The Kier molecular flexibility index (Phi) is 2.58. The third kappa shape index (κ3) is 1.84. The van der Waals surface area contributed by atoms with Crippen molar-refractivity contribution in [3.05, 3.63) is 0 Å². The third-order valence-corrected chi connectivity index (χ3v) is 6.91. The maximum atomic E-state index is 12.7. The summed E-state index contributed by atoms with van der Waals surface area (Å²) in [7, 11) is 0. The van der Waals surface area contributed by atoms with Crippen LogP contribution in [0.2, 0.25) is 0 Å². The summed E-state index contributed by atoms with van der Waals surface area (Å²) in [6.07, 6.45) is 2.69. The van der Waals surface area contributed by atoms with Gasteiger partial charge in [-0.1, -0.05) is 0 Å². The number of ether oxygens (including phenoxy) is 2. The predicted octanol–water partition coefficient (Wildman–Crippen LogP) is -0.731. The topological polar surface area (TPSA) is 99.8 Å². The Morgan fingerprint density at radius 3 is 1.16 bits per heavy atom. The van der Waals surface area contributed by atoms with E-state index < -0.39 is 0 Å². The van der Waals surface area contributed by atoms with Crippen molar-refractivity contribution < 1.29 is 28.7 Å². The van der Waals surface area contributed by atoms with Crippen LogP contribution < -0.4 is 0 Å². The highest BCUT2D eigenvalue weighted by molar-refractivity contribution is 6.08. The molecule has 0 unspecified atom stereocenters. The molecule has 6 aliphatic rings. The number of carbonyl (C=O) groups excluding carboxylic acids is 4. The van der Waals surface area contributed by atoms with Crippen molar-refractivity contribution in [3.8, 4) is 0 Å². The number of imide groups is 2. The average molecular weight is 346 g/mol. The molecular formula is C17H18N2O6. The fraction of sp³-hybridized carbons (Fsp3) is 0.765. The van der Waals surface area contributed by atoms with Crippen LogP contribution in [0, 0.1) is 23.7 Å². The first-order valence-corrected chi connectivity index (χ1v) is 9.04. The lowest BCUT2D eigenvalue weighted by Crippen LogP contribution is -2.45. The predicted molar refractivity (Wildman–Crippen MR) is 78.3 cm³/mol. The van der Waals surface area contributed by atoms with Crippen LogP contribution in [-0.4, -0.2) is 64.5 Å². The molecule has 8 heteroatoms. The van der Waals surface area contributed by atoms with Crippen LogP contribution in [0.4, 0.5) is 0 Å². The molecule has 132 valence electrons. The minimum Gasteiger partial charge on any atom is -0.370 e. The summed E-state index contributed by atoms with van der Waals surface area (Å²) in [5, 5.41) is 0. The quantitative estimate of drug-likeness (QED) is 0.483. The highest BCUT2D eigenvalue weighted by Crippen LogP contribution is 2.49. The average Bonchev–Trinajstić information content (AvgIpc) is 3.49. The molecule has 4 amide bonds. The summed E-state index contributed by atoms with van der Waals surface area (Å²) in [6, 6.07) is 0. The fourth-order valence-corrected chi connectivity index (χ4v) is 5.38. The van der Waals surface area contributed by atoms with Crippen LogP contribution >= 0.6 is 0 Å². The zero-order valence-electron chi connectivity index (χ0n) is 13.5. The van der Waals surface area contributed by atoms with Crippen molar-refractivity contribution in [1.82, 2.24) is 9.80 Å². The summed E-state index contributed by atoms with van der Waals surface area (Å²) < 4.78 is 10.9. The maximum absolute atomic E-state index is 12.7. The normalized spacial score (nSPS) is 49.8. The number of fused-ring (bicyclic) bond motifs is 4. The molecular weight excluding hydrogens is 328 g/mol. The molecule has 25 heavy (non-hydrogen) atoms. The molecule has 0 N–H and O–H groups in total. The van der Waals surface area contributed by atoms with Gasteiger partial charge < -0.3 is 9.47 Å². The second kappa shape index (κ2) is 4.48. The summed E-state index contributed by atoms with van der Waals surface area (Å²) in [5.74, 6) is -2.45. The van der Waals surface area contributed by atoms with Gasteiger partial charge >= 0.3 is 0 Å². The highest BCUT2D eigenvalue weighted by Gasteiger charge is 2.61. The number of rotatable bonds is 2. The third-order valence-electron chi connectivity index (χ3n) is 6.91. The first-order valence-electron chi connectivity index (χ1n) is 9.04. The summed E-state index contributed by atoms with van der Waals surface area (Å²) >= 11 is 0. The van der Waals surface area contributed by atoms with Crippen LogP contribution in [0.15, 0.2) is 0 Å². The van der Waals surface area contributed by atoms with Crippen LogP contribution in [-0.2, 0) is 28.7 Å². The van der Waals surface area contributed by atoms with Crippen molar-refractivity contribution in [2.24, 2.45) is 23.7 Å². The number of epoxide rings is 2. The van der Waals surface area contributed by atoms with Gasteiger partial charge in [0.15, 0.2) is 0 Å². The molecule has 0 spiro atoms. The zero-order valence-corrected chi connectivity index (χ0v) is 13.5. The molecule has 8 nitrogen and oxygen atoms in total. The van der Waals surface area contributed by atoms with E-state index >= 15 is 0 Å². The molecule has 6 fully saturated rings. The highest BCUT2D eigenvalue weighted by atomic mass is 16.6. The van der Waals surface area contributed by atoms with Gasteiger partial charge in [-0.2, -0.15) is 0 Å². The first kappa shape index (κ1) is 14.4. The van der Waals surface area contributed by atoms with Crippen LogP contribution in [0.1, 0.15) is 25.7 Å². The Labute approximate surface area is 143 Å². The molecule has 6 rings (SSSR count). The Balaban J connectivity index is 1.23. The second-order valence-corrected chi connectivity index (χ2v) is 8.15. The lowest BCUT2D eigenvalue weighted by Gasteiger charge is -2.22. The van der Waals surface area contributed by atoms with E-state index in [1.165, 1.54) is 0 Å². The van der Waals surface area contributed by atoms with E-state index in [1.54, 1.807) is 0 Å². The number of amides is 4. The molecule has 0 bridgehead atoms. The fourth-order valence-electron chi connectivity index (χ4n) is 5.38. The smallest absolute Gasteiger partial charge is 0.234 e. The van der Waals surface area contributed by atoms with E-state index in [4.69, 9.17) is 9.47 Å². The van der Waals surface area contributed by atoms with Gasteiger partial charge in [-0.05, 0) is 25.7 Å². The van der Waals surface area contributed by atoms with Crippen molar-refractivity contribution in [1.29, 1.82) is 0 Å². The lowest BCUT2D eigenvalue weighted by atomic mass is 9.81. The van der Waals surface area contributed by atoms with E-state index in [9.17, 15) is 19.2 Å². The SMILES string of the molecule is O=C1[C@H]2C[C@H]3O[C@@H]3C[C@@H]2C(=O)N1CN1C(=O)[C@H]2C[C@@H]3O[C@@H]3C[C@H]2C1=O. The van der Waals surface area contributed by atoms with Gasteiger partial charge in [0, 0.05) is 0 Å². The molecule has 2 saturated carbocycles. The molecule has 4 saturated heterocycles. The van der Waals surface area contributed by atoms with E-state index in [2.05, 4.69) is 0 Å².